The molecular formula is C18H26O2. The number of hydrogen-bond acceptors (Lipinski definition) is 2. The third-order valence-electron chi connectivity index (χ3n) is 2.83. The molecule has 0 aromatic carbocycles. The first kappa shape index (κ1) is 18.5. The Morgan fingerprint density at radius 1 is 1.05 bits per heavy atom. The van der Waals surface area contributed by atoms with Crippen LogP contribution in [0.1, 0.15) is 51.9 Å². The Morgan fingerprint density at radius 3 is 2.45 bits per heavy atom. The van der Waals surface area contributed by atoms with Crippen LogP contribution in [-0.4, -0.2) is 22.4 Å². The molecule has 0 bridgehead atoms. The maximum absolute atomic E-state index is 9.69. The van der Waals surface area contributed by atoms with Crippen LogP contribution in [0.5, 0.6) is 0 Å². The summed E-state index contributed by atoms with van der Waals surface area (Å²) in [4.78, 5) is 0. The number of rotatable bonds is 9. The lowest BCUT2D eigenvalue weighted by Gasteiger charge is -2.04. The monoisotopic (exact) mass is 274 g/mol. The van der Waals surface area contributed by atoms with Gasteiger partial charge in [0.25, 0.3) is 0 Å². The van der Waals surface area contributed by atoms with Gasteiger partial charge in [0.2, 0.25) is 0 Å². The van der Waals surface area contributed by atoms with Crippen molar-refractivity contribution in [2.45, 2.75) is 64.1 Å². The first-order valence-electron chi connectivity index (χ1n) is 7.37. The summed E-state index contributed by atoms with van der Waals surface area (Å²) >= 11 is 0. The van der Waals surface area contributed by atoms with Gasteiger partial charge in [-0.25, -0.2) is 0 Å². The number of aliphatic hydroxyl groups is 2. The molecule has 0 amide bonds. The van der Waals surface area contributed by atoms with Gasteiger partial charge < -0.3 is 10.2 Å². The van der Waals surface area contributed by atoms with Crippen LogP contribution in [0.4, 0.5) is 0 Å². The molecule has 0 rings (SSSR count). The first-order valence-corrected chi connectivity index (χ1v) is 7.37. The van der Waals surface area contributed by atoms with E-state index in [4.69, 9.17) is 5.11 Å². The van der Waals surface area contributed by atoms with Crippen molar-refractivity contribution < 1.29 is 10.2 Å². The predicted octanol–water partition coefficient (Wildman–Crippen LogP) is 3.21. The van der Waals surface area contributed by atoms with Crippen LogP contribution in [-0.2, 0) is 0 Å². The van der Waals surface area contributed by atoms with E-state index >= 15 is 0 Å². The van der Waals surface area contributed by atoms with Crippen LogP contribution in [0, 0.1) is 23.7 Å². The van der Waals surface area contributed by atoms with Gasteiger partial charge in [0.15, 0.2) is 0 Å². The van der Waals surface area contributed by atoms with Crippen molar-refractivity contribution in [3.05, 3.63) is 24.8 Å². The molecule has 2 nitrogen and oxygen atoms in total. The highest BCUT2D eigenvalue weighted by Crippen LogP contribution is 2.08. The van der Waals surface area contributed by atoms with Gasteiger partial charge in [-0.3, -0.25) is 0 Å². The molecule has 0 aliphatic rings. The molecule has 2 unspecified atom stereocenters. The van der Waals surface area contributed by atoms with Gasteiger partial charge in [-0.05, 0) is 30.4 Å². The summed E-state index contributed by atoms with van der Waals surface area (Å²) in [5, 5.41) is 18.8. The van der Waals surface area contributed by atoms with E-state index in [0.717, 1.165) is 12.8 Å². The van der Waals surface area contributed by atoms with Crippen LogP contribution < -0.4 is 0 Å². The molecule has 0 aliphatic heterocycles. The van der Waals surface area contributed by atoms with E-state index in [9.17, 15) is 5.11 Å². The molecule has 2 heteroatoms. The van der Waals surface area contributed by atoms with E-state index in [1.807, 2.05) is 0 Å². The molecule has 2 atom stereocenters. The van der Waals surface area contributed by atoms with Crippen molar-refractivity contribution in [2.24, 2.45) is 0 Å². The van der Waals surface area contributed by atoms with Gasteiger partial charge >= 0.3 is 0 Å². The molecule has 0 saturated heterocycles. The Bertz CT molecular complexity index is 387. The van der Waals surface area contributed by atoms with E-state index in [0.29, 0.717) is 0 Å². The van der Waals surface area contributed by atoms with Crippen LogP contribution in [0.2, 0.25) is 0 Å². The molecule has 20 heavy (non-hydrogen) atoms. The third-order valence-corrected chi connectivity index (χ3v) is 2.83. The highest BCUT2D eigenvalue weighted by atomic mass is 16.3. The Labute approximate surface area is 123 Å². The maximum Gasteiger partial charge on any atom is 0.134 e. The minimum Gasteiger partial charge on any atom is -0.389 e. The summed E-state index contributed by atoms with van der Waals surface area (Å²) in [6, 6.07) is 0. The largest absolute Gasteiger partial charge is 0.389 e. The zero-order chi connectivity index (χ0) is 15.1. The van der Waals surface area contributed by atoms with E-state index < -0.39 is 12.2 Å². The van der Waals surface area contributed by atoms with Crippen molar-refractivity contribution in [1.29, 1.82) is 0 Å². The van der Waals surface area contributed by atoms with E-state index in [2.05, 4.69) is 37.2 Å². The zero-order valence-electron chi connectivity index (χ0n) is 12.4. The van der Waals surface area contributed by atoms with E-state index in [-0.39, 0.29) is 0 Å². The number of unbranched alkanes of at least 4 members (excludes halogenated alkanes) is 5. The Balaban J connectivity index is 3.72. The highest BCUT2D eigenvalue weighted by Gasteiger charge is 1.97. The second kappa shape index (κ2) is 13.9. The molecule has 0 fully saturated rings. The van der Waals surface area contributed by atoms with Gasteiger partial charge in [0.05, 0.1) is 6.10 Å². The van der Waals surface area contributed by atoms with Gasteiger partial charge in [-0.1, -0.05) is 69.9 Å². The molecule has 0 aliphatic carbocycles. The lowest BCUT2D eigenvalue weighted by atomic mass is 10.1. The van der Waals surface area contributed by atoms with Crippen molar-refractivity contribution in [1.82, 2.24) is 0 Å². The predicted molar refractivity (Wildman–Crippen MR) is 84.9 cm³/mol. The lowest BCUT2D eigenvalue weighted by molar-refractivity contribution is 0.208. The van der Waals surface area contributed by atoms with E-state index in [1.165, 1.54) is 38.2 Å². The summed E-state index contributed by atoms with van der Waals surface area (Å²) in [6.07, 6.45) is 11.5. The smallest absolute Gasteiger partial charge is 0.134 e. The number of aliphatic hydroxyl groups excluding tert-OH is 2. The molecule has 0 aromatic rings. The average Bonchev–Trinajstić information content (AvgIpc) is 2.46. The second-order valence-electron chi connectivity index (χ2n) is 4.70. The summed E-state index contributed by atoms with van der Waals surface area (Å²) in [7, 11) is 0. The molecular weight excluding hydrogens is 248 g/mol. The number of hydrogen-bond donors (Lipinski definition) is 2. The van der Waals surface area contributed by atoms with Crippen molar-refractivity contribution in [3.8, 4) is 23.7 Å². The molecule has 2 N–H and O–H groups in total. The zero-order valence-corrected chi connectivity index (χ0v) is 12.4. The topological polar surface area (TPSA) is 40.5 Å². The SMILES string of the molecule is C=CC(O)C#CC#CC=CC(O)CCCCCCCC. The number of allylic oxidation sites excluding steroid dienone is 1. The van der Waals surface area contributed by atoms with Crippen molar-refractivity contribution in [3.63, 3.8) is 0 Å². The van der Waals surface area contributed by atoms with Gasteiger partial charge in [-0.2, -0.15) is 0 Å². The average molecular weight is 274 g/mol. The van der Waals surface area contributed by atoms with E-state index in [1.54, 1.807) is 12.2 Å². The Kier molecular flexibility index (Phi) is 12.9. The summed E-state index contributed by atoms with van der Waals surface area (Å²) in [5.41, 5.74) is 0. The molecule has 0 heterocycles. The quantitative estimate of drug-likeness (QED) is 0.385. The molecule has 0 aromatic heterocycles. The fourth-order valence-corrected chi connectivity index (χ4v) is 1.64. The fraction of sp³-hybridized carbons (Fsp3) is 0.556. The molecule has 0 spiro atoms. The maximum atomic E-state index is 9.69. The van der Waals surface area contributed by atoms with Crippen LogP contribution in [0.15, 0.2) is 24.8 Å². The van der Waals surface area contributed by atoms with Crippen LogP contribution in [0.25, 0.3) is 0 Å². The molecule has 0 saturated carbocycles. The minimum absolute atomic E-state index is 0.429. The Hall–Kier alpha value is -1.48. The van der Waals surface area contributed by atoms with Gasteiger partial charge in [0, 0.05) is 0 Å². The summed E-state index contributed by atoms with van der Waals surface area (Å²) < 4.78 is 0. The molecule has 110 valence electrons. The fourth-order valence-electron chi connectivity index (χ4n) is 1.64. The summed E-state index contributed by atoms with van der Waals surface area (Å²) in [6.45, 7) is 5.61. The minimum atomic E-state index is -0.827. The molecule has 0 radical (unpaired) electrons. The summed E-state index contributed by atoms with van der Waals surface area (Å²) in [5.74, 6) is 10.3. The van der Waals surface area contributed by atoms with Crippen LogP contribution >= 0.6 is 0 Å². The standard InChI is InChI=1S/C18H26O2/c1-3-5-6-7-8-12-15-18(20)16-13-10-9-11-14-17(19)4-2/h4,13,16-20H,2-3,5-8,12,15H2,1H3. The van der Waals surface area contributed by atoms with Gasteiger partial charge in [-0.15, -0.1) is 0 Å². The van der Waals surface area contributed by atoms with Gasteiger partial charge in [0.1, 0.15) is 6.10 Å². The normalized spacial score (nSPS) is 12.9. The second-order valence-corrected chi connectivity index (χ2v) is 4.70. The Morgan fingerprint density at radius 2 is 1.75 bits per heavy atom. The van der Waals surface area contributed by atoms with Crippen molar-refractivity contribution in [2.75, 3.05) is 0 Å². The highest BCUT2D eigenvalue weighted by molar-refractivity contribution is 5.32. The lowest BCUT2D eigenvalue weighted by Crippen LogP contribution is -2.01. The third kappa shape index (κ3) is 13.0. The first-order chi connectivity index (χ1) is 9.70. The van der Waals surface area contributed by atoms with Crippen molar-refractivity contribution >= 4 is 0 Å². The van der Waals surface area contributed by atoms with Crippen LogP contribution in [0.3, 0.4) is 0 Å².